The standard InChI is InChI=1S/C28H36N4O3S/c1-35-20-18-25-31-26-27(23-16-10-11-17-24(23)30-28(26)29)32(25)19-12-5-3-2-4-6-13-21-36(33,34)22-14-8-7-9-15-22/h7-11,14-17H,2-6,12-13,18-21H2,1H3,(H2,29,30). The Balaban J connectivity index is 1.28. The molecular formula is C28H36N4O3S. The number of imidazole rings is 1. The van der Waals surface area contributed by atoms with Crippen molar-refractivity contribution >= 4 is 37.6 Å². The number of anilines is 1. The predicted octanol–water partition coefficient (Wildman–Crippen LogP) is 5.56. The largest absolute Gasteiger partial charge is 0.384 e. The van der Waals surface area contributed by atoms with E-state index in [2.05, 4.69) is 15.6 Å². The number of ether oxygens (including phenoxy) is 1. The molecule has 0 aliphatic carbocycles. The van der Waals surface area contributed by atoms with Crippen LogP contribution in [-0.2, 0) is 27.5 Å². The summed E-state index contributed by atoms with van der Waals surface area (Å²) in [6.07, 6.45) is 7.85. The predicted molar refractivity (Wildman–Crippen MR) is 146 cm³/mol. The van der Waals surface area contributed by atoms with Crippen LogP contribution in [0.15, 0.2) is 59.5 Å². The van der Waals surface area contributed by atoms with E-state index in [4.69, 9.17) is 15.5 Å². The summed E-state index contributed by atoms with van der Waals surface area (Å²) in [6.45, 7) is 1.48. The first-order valence-corrected chi connectivity index (χ1v) is 14.5. The van der Waals surface area contributed by atoms with E-state index < -0.39 is 9.84 Å². The lowest BCUT2D eigenvalue weighted by atomic mass is 10.1. The summed E-state index contributed by atoms with van der Waals surface area (Å²) < 4.78 is 32.4. The number of aromatic nitrogens is 3. The third-order valence-corrected chi connectivity index (χ3v) is 8.43. The third kappa shape index (κ3) is 6.23. The van der Waals surface area contributed by atoms with Crippen molar-refractivity contribution in [3.8, 4) is 0 Å². The molecule has 0 spiro atoms. The van der Waals surface area contributed by atoms with Crippen molar-refractivity contribution < 1.29 is 13.2 Å². The summed E-state index contributed by atoms with van der Waals surface area (Å²) in [7, 11) is -1.46. The zero-order chi connectivity index (χ0) is 25.4. The summed E-state index contributed by atoms with van der Waals surface area (Å²) in [5.74, 6) is 1.67. The van der Waals surface area contributed by atoms with Crippen LogP contribution in [0.2, 0.25) is 0 Å². The topological polar surface area (TPSA) is 100 Å². The van der Waals surface area contributed by atoms with Crippen LogP contribution < -0.4 is 5.73 Å². The molecule has 2 N–H and O–H groups in total. The minimum absolute atomic E-state index is 0.223. The number of unbranched alkanes of at least 4 members (excludes halogenated alkanes) is 6. The average molecular weight is 509 g/mol. The second-order valence-corrected chi connectivity index (χ2v) is 11.3. The molecule has 0 amide bonds. The van der Waals surface area contributed by atoms with Gasteiger partial charge in [0.25, 0.3) is 0 Å². The monoisotopic (exact) mass is 508 g/mol. The number of nitrogens with two attached hydrogens (primary N) is 1. The van der Waals surface area contributed by atoms with Gasteiger partial charge in [0.05, 0.1) is 28.3 Å². The SMILES string of the molecule is COCCc1nc2c(N)nc3ccccc3c2n1CCCCCCCCCS(=O)(=O)c1ccccc1. The van der Waals surface area contributed by atoms with Crippen molar-refractivity contribution in [1.82, 2.24) is 14.5 Å². The van der Waals surface area contributed by atoms with Gasteiger partial charge in [0, 0.05) is 25.5 Å². The van der Waals surface area contributed by atoms with Gasteiger partial charge in [-0.3, -0.25) is 0 Å². The summed E-state index contributed by atoms with van der Waals surface area (Å²) in [5.41, 5.74) is 8.98. The molecule has 4 aromatic rings. The first-order valence-electron chi connectivity index (χ1n) is 12.8. The lowest BCUT2D eigenvalue weighted by Crippen LogP contribution is -2.07. The van der Waals surface area contributed by atoms with Crippen LogP contribution in [0, 0.1) is 0 Å². The smallest absolute Gasteiger partial charge is 0.178 e. The van der Waals surface area contributed by atoms with Gasteiger partial charge in [-0.2, -0.15) is 0 Å². The zero-order valence-corrected chi connectivity index (χ0v) is 21.8. The van der Waals surface area contributed by atoms with Crippen LogP contribution in [0.5, 0.6) is 0 Å². The molecule has 0 bridgehead atoms. The minimum Gasteiger partial charge on any atom is -0.384 e. The fourth-order valence-electron chi connectivity index (χ4n) is 4.72. The molecule has 4 rings (SSSR count). The fourth-order valence-corrected chi connectivity index (χ4v) is 6.11. The van der Waals surface area contributed by atoms with Gasteiger partial charge in [0.2, 0.25) is 0 Å². The van der Waals surface area contributed by atoms with Gasteiger partial charge in [0.1, 0.15) is 11.3 Å². The Kier molecular flexibility index (Phi) is 8.93. The van der Waals surface area contributed by atoms with Crippen LogP contribution in [0.25, 0.3) is 21.9 Å². The zero-order valence-electron chi connectivity index (χ0n) is 21.0. The van der Waals surface area contributed by atoms with Crippen LogP contribution in [0.1, 0.15) is 50.8 Å². The maximum Gasteiger partial charge on any atom is 0.178 e. The van der Waals surface area contributed by atoms with E-state index >= 15 is 0 Å². The molecule has 0 aliphatic rings. The molecule has 0 unspecified atom stereocenters. The molecule has 36 heavy (non-hydrogen) atoms. The van der Waals surface area contributed by atoms with E-state index in [1.165, 1.54) is 0 Å². The van der Waals surface area contributed by atoms with Crippen molar-refractivity contribution in [3.63, 3.8) is 0 Å². The summed E-state index contributed by atoms with van der Waals surface area (Å²) in [6, 6.07) is 16.8. The summed E-state index contributed by atoms with van der Waals surface area (Å²) in [4.78, 5) is 9.81. The molecule has 0 radical (unpaired) electrons. The summed E-state index contributed by atoms with van der Waals surface area (Å²) >= 11 is 0. The normalized spacial score (nSPS) is 12.0. The van der Waals surface area contributed by atoms with Gasteiger partial charge in [-0.05, 0) is 31.0 Å². The number of methoxy groups -OCH3 is 1. The van der Waals surface area contributed by atoms with Gasteiger partial charge in [-0.1, -0.05) is 68.5 Å². The van der Waals surface area contributed by atoms with Gasteiger partial charge >= 0.3 is 0 Å². The number of hydrogen-bond donors (Lipinski definition) is 1. The Labute approximate surface area is 213 Å². The van der Waals surface area contributed by atoms with Crippen molar-refractivity contribution in [1.29, 1.82) is 0 Å². The van der Waals surface area contributed by atoms with E-state index in [9.17, 15) is 8.42 Å². The quantitative estimate of drug-likeness (QED) is 0.224. The average Bonchev–Trinajstić information content (AvgIpc) is 3.26. The molecule has 0 saturated carbocycles. The first-order chi connectivity index (χ1) is 17.5. The number of nitrogen functional groups attached to an aromatic ring is 1. The molecule has 0 aliphatic heterocycles. The van der Waals surface area contributed by atoms with E-state index in [-0.39, 0.29) is 5.75 Å². The number of hydrogen-bond acceptors (Lipinski definition) is 6. The molecule has 2 aromatic heterocycles. The highest BCUT2D eigenvalue weighted by Crippen LogP contribution is 2.29. The van der Waals surface area contributed by atoms with E-state index in [1.54, 1.807) is 31.4 Å². The highest BCUT2D eigenvalue weighted by Gasteiger charge is 2.17. The maximum absolute atomic E-state index is 12.4. The minimum atomic E-state index is -3.17. The van der Waals surface area contributed by atoms with Gasteiger partial charge in [-0.25, -0.2) is 18.4 Å². The number of fused-ring (bicyclic) bond motifs is 3. The van der Waals surface area contributed by atoms with Gasteiger partial charge in [-0.15, -0.1) is 0 Å². The van der Waals surface area contributed by atoms with Gasteiger partial charge in [0.15, 0.2) is 15.7 Å². The molecule has 8 heteroatoms. The van der Waals surface area contributed by atoms with Crippen LogP contribution in [0.3, 0.4) is 0 Å². The Morgan fingerprint density at radius 3 is 2.28 bits per heavy atom. The van der Waals surface area contributed by atoms with Crippen molar-refractivity contribution in [2.75, 3.05) is 25.2 Å². The number of aryl methyl sites for hydroxylation is 1. The molecule has 0 saturated heterocycles. The second kappa shape index (κ2) is 12.3. The van der Waals surface area contributed by atoms with Crippen molar-refractivity contribution in [2.45, 2.75) is 62.8 Å². The number of sulfone groups is 1. The lowest BCUT2D eigenvalue weighted by molar-refractivity contribution is 0.199. The van der Waals surface area contributed by atoms with E-state index in [0.717, 1.165) is 79.3 Å². The molecule has 7 nitrogen and oxygen atoms in total. The van der Waals surface area contributed by atoms with Crippen LogP contribution in [-0.4, -0.2) is 42.4 Å². The maximum atomic E-state index is 12.4. The van der Waals surface area contributed by atoms with Gasteiger partial charge < -0.3 is 15.0 Å². The Morgan fingerprint density at radius 1 is 0.861 bits per heavy atom. The highest BCUT2D eigenvalue weighted by atomic mass is 32.2. The molecule has 0 atom stereocenters. The Bertz CT molecular complexity index is 1380. The van der Waals surface area contributed by atoms with E-state index in [0.29, 0.717) is 23.7 Å². The molecular weight excluding hydrogens is 472 g/mol. The highest BCUT2D eigenvalue weighted by molar-refractivity contribution is 7.91. The Hall–Kier alpha value is -2.97. The molecule has 2 aromatic carbocycles. The van der Waals surface area contributed by atoms with E-state index in [1.807, 2.05) is 24.3 Å². The second-order valence-electron chi connectivity index (χ2n) is 9.24. The third-order valence-electron chi connectivity index (χ3n) is 6.62. The molecule has 2 heterocycles. The number of benzene rings is 2. The number of para-hydroxylation sites is 1. The van der Waals surface area contributed by atoms with Crippen molar-refractivity contribution in [3.05, 3.63) is 60.4 Å². The molecule has 192 valence electrons. The molecule has 0 fully saturated rings. The van der Waals surface area contributed by atoms with Crippen LogP contribution >= 0.6 is 0 Å². The Morgan fingerprint density at radius 2 is 1.53 bits per heavy atom. The van der Waals surface area contributed by atoms with Crippen LogP contribution in [0.4, 0.5) is 5.82 Å². The number of nitrogens with zero attached hydrogens (tertiary/aromatic N) is 3. The first kappa shape index (κ1) is 26.1. The number of rotatable bonds is 14. The fraction of sp³-hybridized carbons (Fsp3) is 0.429. The summed E-state index contributed by atoms with van der Waals surface area (Å²) in [5, 5.41) is 1.07. The lowest BCUT2D eigenvalue weighted by Gasteiger charge is -2.11. The number of pyridine rings is 1. The van der Waals surface area contributed by atoms with Crippen molar-refractivity contribution in [2.24, 2.45) is 0 Å².